The van der Waals surface area contributed by atoms with Gasteiger partial charge in [-0.25, -0.2) is 0 Å². The first kappa shape index (κ1) is 11.3. The Bertz CT molecular complexity index is 277. The van der Waals surface area contributed by atoms with E-state index >= 15 is 0 Å². The second-order valence-electron chi connectivity index (χ2n) is 3.07. The Hall–Kier alpha value is -0.730. The summed E-state index contributed by atoms with van der Waals surface area (Å²) in [5, 5.41) is 3.12. The highest BCUT2D eigenvalue weighted by Gasteiger charge is 1.88. The van der Waals surface area contributed by atoms with E-state index in [1.807, 2.05) is 7.05 Å². The van der Waals surface area contributed by atoms with Crippen molar-refractivity contribution in [1.82, 2.24) is 5.32 Å². The fourth-order valence-electron chi connectivity index (χ4n) is 1.16. The lowest BCUT2D eigenvalue weighted by atomic mass is 10.2. The molecule has 1 aromatic carbocycles. The van der Waals surface area contributed by atoms with Crippen molar-refractivity contribution >= 4 is 17.8 Å². The molecule has 0 saturated heterocycles. The predicted molar refractivity (Wildman–Crippen MR) is 65.8 cm³/mol. The maximum Gasteiger partial charge on any atom is 0.00695 e. The third-order valence-corrected chi connectivity index (χ3v) is 2.73. The molecule has 0 heterocycles. The molecule has 1 nitrogen and oxygen atoms in total. The van der Waals surface area contributed by atoms with E-state index < -0.39 is 0 Å². The van der Waals surface area contributed by atoms with Gasteiger partial charge >= 0.3 is 0 Å². The Balaban J connectivity index is 2.47. The lowest BCUT2D eigenvalue weighted by Gasteiger charge is -1.97. The summed E-state index contributed by atoms with van der Waals surface area (Å²) in [5.74, 6) is 0. The van der Waals surface area contributed by atoms with Crippen molar-refractivity contribution in [2.45, 2.75) is 11.3 Å². The van der Waals surface area contributed by atoms with Crippen molar-refractivity contribution in [3.63, 3.8) is 0 Å². The van der Waals surface area contributed by atoms with E-state index in [9.17, 15) is 0 Å². The molecule has 0 atom stereocenters. The molecule has 14 heavy (non-hydrogen) atoms. The standard InChI is InChI=1S/C12H17NS/c1-13-10-4-3-5-11-6-8-12(14-2)9-7-11/h3,5-9,13H,4,10H2,1-2H3. The topological polar surface area (TPSA) is 12.0 Å². The van der Waals surface area contributed by atoms with E-state index in [1.54, 1.807) is 11.8 Å². The van der Waals surface area contributed by atoms with Crippen LogP contribution in [0.5, 0.6) is 0 Å². The third kappa shape index (κ3) is 3.99. The molecule has 0 amide bonds. The Kier molecular flexibility index (Phi) is 5.42. The maximum atomic E-state index is 3.12. The van der Waals surface area contributed by atoms with Crippen LogP contribution >= 0.6 is 11.8 Å². The van der Waals surface area contributed by atoms with Crippen molar-refractivity contribution in [3.8, 4) is 0 Å². The highest BCUT2D eigenvalue weighted by molar-refractivity contribution is 7.98. The second kappa shape index (κ2) is 6.68. The summed E-state index contributed by atoms with van der Waals surface area (Å²) in [6.07, 6.45) is 7.55. The first-order valence-electron chi connectivity index (χ1n) is 4.82. The van der Waals surface area contributed by atoms with Gasteiger partial charge in [0.05, 0.1) is 0 Å². The molecule has 0 saturated carbocycles. The molecular formula is C12H17NS. The van der Waals surface area contributed by atoms with Crippen molar-refractivity contribution in [3.05, 3.63) is 35.9 Å². The summed E-state index contributed by atoms with van der Waals surface area (Å²) >= 11 is 1.78. The van der Waals surface area contributed by atoms with Gasteiger partial charge in [0.15, 0.2) is 0 Å². The number of rotatable bonds is 5. The minimum atomic E-state index is 1.04. The molecule has 76 valence electrons. The maximum absolute atomic E-state index is 3.12. The van der Waals surface area contributed by atoms with Gasteiger partial charge in [-0.05, 0) is 44.0 Å². The first-order chi connectivity index (χ1) is 6.86. The van der Waals surface area contributed by atoms with E-state index in [0.717, 1.165) is 13.0 Å². The summed E-state index contributed by atoms with van der Waals surface area (Å²) in [6.45, 7) is 1.04. The largest absolute Gasteiger partial charge is 0.319 e. The second-order valence-corrected chi connectivity index (χ2v) is 3.95. The average molecular weight is 207 g/mol. The van der Waals surface area contributed by atoms with Gasteiger partial charge in [-0.3, -0.25) is 0 Å². The van der Waals surface area contributed by atoms with Gasteiger partial charge in [-0.15, -0.1) is 11.8 Å². The molecular weight excluding hydrogens is 190 g/mol. The van der Waals surface area contributed by atoms with E-state index in [0.29, 0.717) is 0 Å². The molecule has 1 N–H and O–H groups in total. The molecule has 1 aromatic rings. The summed E-state index contributed by atoms with van der Waals surface area (Å²) in [5.41, 5.74) is 1.28. The molecule has 0 aliphatic rings. The highest BCUT2D eigenvalue weighted by Crippen LogP contribution is 2.15. The molecule has 0 spiro atoms. The molecule has 0 aromatic heterocycles. The van der Waals surface area contributed by atoms with Crippen LogP contribution < -0.4 is 5.32 Å². The van der Waals surface area contributed by atoms with Gasteiger partial charge in [-0.1, -0.05) is 24.3 Å². The first-order valence-corrected chi connectivity index (χ1v) is 6.04. The number of hydrogen-bond acceptors (Lipinski definition) is 2. The van der Waals surface area contributed by atoms with E-state index in [2.05, 4.69) is 48.0 Å². The molecule has 0 fully saturated rings. The van der Waals surface area contributed by atoms with Gasteiger partial charge < -0.3 is 5.32 Å². The zero-order valence-electron chi connectivity index (χ0n) is 8.79. The number of benzene rings is 1. The van der Waals surface area contributed by atoms with Gasteiger partial charge in [-0.2, -0.15) is 0 Å². The van der Waals surface area contributed by atoms with Crippen LogP contribution in [-0.2, 0) is 0 Å². The van der Waals surface area contributed by atoms with Crippen LogP contribution in [0.1, 0.15) is 12.0 Å². The monoisotopic (exact) mass is 207 g/mol. The summed E-state index contributed by atoms with van der Waals surface area (Å²) in [7, 11) is 1.97. The lowest BCUT2D eigenvalue weighted by Crippen LogP contribution is -2.05. The highest BCUT2D eigenvalue weighted by atomic mass is 32.2. The molecule has 2 heteroatoms. The number of thioether (sulfide) groups is 1. The van der Waals surface area contributed by atoms with Crippen LogP contribution in [0.15, 0.2) is 35.2 Å². The van der Waals surface area contributed by atoms with Gasteiger partial charge in [0, 0.05) is 4.90 Å². The zero-order valence-corrected chi connectivity index (χ0v) is 9.60. The summed E-state index contributed by atoms with van der Waals surface area (Å²) in [4.78, 5) is 1.32. The molecule has 0 unspecified atom stereocenters. The number of nitrogens with one attached hydrogen (secondary N) is 1. The van der Waals surface area contributed by atoms with Crippen LogP contribution in [0.2, 0.25) is 0 Å². The van der Waals surface area contributed by atoms with Crippen molar-refractivity contribution in [2.24, 2.45) is 0 Å². The minimum Gasteiger partial charge on any atom is -0.319 e. The molecule has 0 aliphatic heterocycles. The minimum absolute atomic E-state index is 1.04. The van der Waals surface area contributed by atoms with Crippen molar-refractivity contribution < 1.29 is 0 Å². The molecule has 0 aliphatic carbocycles. The predicted octanol–water partition coefficient (Wildman–Crippen LogP) is 3.03. The summed E-state index contributed by atoms with van der Waals surface area (Å²) < 4.78 is 0. The lowest BCUT2D eigenvalue weighted by molar-refractivity contribution is 0.809. The smallest absolute Gasteiger partial charge is 0.00695 e. The third-order valence-electron chi connectivity index (χ3n) is 1.99. The van der Waals surface area contributed by atoms with Crippen LogP contribution in [0.25, 0.3) is 6.08 Å². The van der Waals surface area contributed by atoms with Gasteiger partial charge in [0.1, 0.15) is 0 Å². The van der Waals surface area contributed by atoms with Gasteiger partial charge in [0.25, 0.3) is 0 Å². The Labute approximate surface area is 90.6 Å². The molecule has 1 rings (SSSR count). The fraction of sp³-hybridized carbons (Fsp3) is 0.333. The van der Waals surface area contributed by atoms with E-state index in [1.165, 1.54) is 10.5 Å². The van der Waals surface area contributed by atoms with E-state index in [-0.39, 0.29) is 0 Å². The number of hydrogen-bond donors (Lipinski definition) is 1. The fourth-order valence-corrected chi connectivity index (χ4v) is 1.57. The Morgan fingerprint density at radius 2 is 2.00 bits per heavy atom. The van der Waals surface area contributed by atoms with E-state index in [4.69, 9.17) is 0 Å². The Morgan fingerprint density at radius 1 is 1.29 bits per heavy atom. The summed E-state index contributed by atoms with van der Waals surface area (Å²) in [6, 6.07) is 8.62. The molecule has 0 bridgehead atoms. The Morgan fingerprint density at radius 3 is 2.57 bits per heavy atom. The van der Waals surface area contributed by atoms with Gasteiger partial charge in [0.2, 0.25) is 0 Å². The van der Waals surface area contributed by atoms with Crippen molar-refractivity contribution in [2.75, 3.05) is 19.8 Å². The van der Waals surface area contributed by atoms with Crippen LogP contribution in [0.4, 0.5) is 0 Å². The van der Waals surface area contributed by atoms with Crippen LogP contribution in [-0.4, -0.2) is 19.8 Å². The normalized spacial score (nSPS) is 11.0. The SMILES string of the molecule is CNCCC=Cc1ccc(SC)cc1. The zero-order chi connectivity index (χ0) is 10.2. The average Bonchev–Trinajstić information content (AvgIpc) is 2.25. The molecule has 0 radical (unpaired) electrons. The quantitative estimate of drug-likeness (QED) is 0.588. The van der Waals surface area contributed by atoms with Crippen LogP contribution in [0.3, 0.4) is 0 Å². The van der Waals surface area contributed by atoms with Crippen LogP contribution in [0, 0.1) is 0 Å². The van der Waals surface area contributed by atoms with Crippen molar-refractivity contribution in [1.29, 1.82) is 0 Å².